The molecule has 0 saturated carbocycles. The molecule has 3 nitrogen and oxygen atoms in total. The van der Waals surface area contributed by atoms with Crippen molar-refractivity contribution in [1.82, 2.24) is 4.98 Å². The molecular formula is C17H20N2O. The van der Waals surface area contributed by atoms with Crippen molar-refractivity contribution in [2.24, 2.45) is 0 Å². The predicted molar refractivity (Wildman–Crippen MR) is 81.0 cm³/mol. The van der Waals surface area contributed by atoms with Crippen LogP contribution in [-0.2, 0) is 6.42 Å². The number of aryl methyl sites for hydroxylation is 1. The topological polar surface area (TPSA) is 36.4 Å². The monoisotopic (exact) mass is 268 g/mol. The minimum absolute atomic E-state index is 0.122. The first-order valence-corrected chi connectivity index (χ1v) is 7.06. The lowest BCUT2D eigenvalue weighted by molar-refractivity contribution is 0.143. The molecule has 1 aromatic heterocycles. The predicted octanol–water partition coefficient (Wildman–Crippen LogP) is 2.91. The van der Waals surface area contributed by atoms with Crippen LogP contribution in [0, 0.1) is 0 Å². The second-order valence-corrected chi connectivity index (χ2v) is 5.62. The molecule has 0 spiro atoms. The summed E-state index contributed by atoms with van der Waals surface area (Å²) in [6.45, 7) is 0. The molecular weight excluding hydrogens is 248 g/mol. The van der Waals surface area contributed by atoms with Crippen molar-refractivity contribution in [2.45, 2.75) is 24.9 Å². The highest BCUT2D eigenvalue weighted by Gasteiger charge is 2.30. The van der Waals surface area contributed by atoms with E-state index in [0.29, 0.717) is 0 Å². The molecule has 20 heavy (non-hydrogen) atoms. The van der Waals surface area contributed by atoms with E-state index < -0.39 is 6.10 Å². The number of aromatic nitrogens is 1. The number of fused-ring (bicyclic) bond motifs is 1. The lowest BCUT2D eigenvalue weighted by atomic mass is 9.93. The van der Waals surface area contributed by atoms with Crippen LogP contribution >= 0.6 is 0 Å². The molecule has 1 heterocycles. The molecule has 104 valence electrons. The minimum Gasteiger partial charge on any atom is -0.388 e. The number of pyridine rings is 1. The largest absolute Gasteiger partial charge is 0.388 e. The first kappa shape index (κ1) is 13.1. The fourth-order valence-electron chi connectivity index (χ4n) is 2.95. The molecule has 1 aliphatic carbocycles. The molecule has 2 unspecified atom stereocenters. The summed E-state index contributed by atoms with van der Waals surface area (Å²) in [6, 6.07) is 12.2. The Morgan fingerprint density at radius 1 is 1.20 bits per heavy atom. The number of aliphatic hydroxyl groups is 1. The fraction of sp³-hybridized carbons (Fsp3) is 0.353. The molecule has 1 aliphatic rings. The van der Waals surface area contributed by atoms with Crippen LogP contribution in [0.15, 0.2) is 42.6 Å². The zero-order valence-electron chi connectivity index (χ0n) is 12.0. The molecule has 1 N–H and O–H groups in total. The van der Waals surface area contributed by atoms with Gasteiger partial charge in [-0.25, -0.2) is 0 Å². The van der Waals surface area contributed by atoms with Gasteiger partial charge in [0, 0.05) is 37.6 Å². The van der Waals surface area contributed by atoms with Gasteiger partial charge in [0.25, 0.3) is 0 Å². The van der Waals surface area contributed by atoms with Crippen molar-refractivity contribution >= 4 is 5.69 Å². The van der Waals surface area contributed by atoms with Crippen LogP contribution in [0.4, 0.5) is 5.69 Å². The van der Waals surface area contributed by atoms with Gasteiger partial charge < -0.3 is 10.0 Å². The van der Waals surface area contributed by atoms with E-state index in [1.807, 2.05) is 50.6 Å². The van der Waals surface area contributed by atoms with Crippen LogP contribution in [-0.4, -0.2) is 24.2 Å². The second kappa shape index (κ2) is 5.25. The summed E-state index contributed by atoms with van der Waals surface area (Å²) in [5.74, 6) is 0.122. The highest BCUT2D eigenvalue weighted by Crippen LogP contribution is 2.40. The fourth-order valence-corrected chi connectivity index (χ4v) is 2.95. The van der Waals surface area contributed by atoms with Crippen molar-refractivity contribution < 1.29 is 5.11 Å². The summed E-state index contributed by atoms with van der Waals surface area (Å²) in [7, 11) is 4.03. The third-order valence-electron chi connectivity index (χ3n) is 4.13. The number of benzene rings is 1. The molecule has 0 saturated heterocycles. The van der Waals surface area contributed by atoms with Gasteiger partial charge in [0.15, 0.2) is 0 Å². The van der Waals surface area contributed by atoms with Crippen LogP contribution in [0.3, 0.4) is 0 Å². The standard InChI is InChI=1S/C17H20N2O/c1-19(2)14-8-5-13(6-9-14)17(20)15-10-7-12-4-3-11-18-16(12)15/h3-6,8-9,11,15,17,20H,7,10H2,1-2H3. The maximum atomic E-state index is 10.6. The molecule has 2 atom stereocenters. The summed E-state index contributed by atoms with van der Waals surface area (Å²) in [6.07, 6.45) is 3.34. The number of aliphatic hydroxyl groups excluding tert-OH is 1. The number of hydrogen-bond donors (Lipinski definition) is 1. The van der Waals surface area contributed by atoms with E-state index in [-0.39, 0.29) is 5.92 Å². The summed E-state index contributed by atoms with van der Waals surface area (Å²) >= 11 is 0. The van der Waals surface area contributed by atoms with Gasteiger partial charge in [-0.05, 0) is 42.2 Å². The summed E-state index contributed by atoms with van der Waals surface area (Å²) < 4.78 is 0. The van der Waals surface area contributed by atoms with Crippen LogP contribution in [0.1, 0.15) is 35.3 Å². The Bertz CT molecular complexity index is 592. The maximum Gasteiger partial charge on any atom is 0.0873 e. The summed E-state index contributed by atoms with van der Waals surface area (Å²) in [5.41, 5.74) is 4.46. The molecule has 0 amide bonds. The number of hydrogen-bond acceptors (Lipinski definition) is 3. The van der Waals surface area contributed by atoms with E-state index in [2.05, 4.69) is 16.0 Å². The highest BCUT2D eigenvalue weighted by molar-refractivity contribution is 5.47. The molecule has 3 rings (SSSR count). The molecule has 1 aromatic carbocycles. The molecule has 0 bridgehead atoms. The lowest BCUT2D eigenvalue weighted by Crippen LogP contribution is -2.11. The summed E-state index contributed by atoms with van der Waals surface area (Å²) in [4.78, 5) is 6.52. The zero-order valence-corrected chi connectivity index (χ0v) is 12.0. The van der Waals surface area contributed by atoms with Gasteiger partial charge >= 0.3 is 0 Å². The molecule has 0 radical (unpaired) electrons. The van der Waals surface area contributed by atoms with E-state index >= 15 is 0 Å². The Labute approximate surface area is 119 Å². The third kappa shape index (κ3) is 2.29. The molecule has 0 fully saturated rings. The quantitative estimate of drug-likeness (QED) is 0.930. The second-order valence-electron chi connectivity index (χ2n) is 5.62. The van der Waals surface area contributed by atoms with E-state index in [1.165, 1.54) is 5.56 Å². The third-order valence-corrected chi connectivity index (χ3v) is 4.13. The lowest BCUT2D eigenvalue weighted by Gasteiger charge is -2.20. The molecule has 0 aliphatic heterocycles. The normalized spacial score (nSPS) is 18.6. The van der Waals surface area contributed by atoms with Crippen molar-refractivity contribution in [1.29, 1.82) is 0 Å². The number of anilines is 1. The van der Waals surface area contributed by atoms with Crippen LogP contribution < -0.4 is 4.90 Å². The van der Waals surface area contributed by atoms with Gasteiger partial charge in [0.1, 0.15) is 0 Å². The van der Waals surface area contributed by atoms with Gasteiger partial charge in [0.05, 0.1) is 6.10 Å². The Kier molecular flexibility index (Phi) is 3.45. The Morgan fingerprint density at radius 3 is 2.65 bits per heavy atom. The Morgan fingerprint density at radius 2 is 1.95 bits per heavy atom. The van der Waals surface area contributed by atoms with Gasteiger partial charge in [-0.2, -0.15) is 0 Å². The Hall–Kier alpha value is -1.87. The zero-order chi connectivity index (χ0) is 14.1. The van der Waals surface area contributed by atoms with Crippen molar-refractivity contribution in [3.63, 3.8) is 0 Å². The van der Waals surface area contributed by atoms with Crippen LogP contribution in [0.5, 0.6) is 0 Å². The average molecular weight is 268 g/mol. The van der Waals surface area contributed by atoms with Crippen molar-refractivity contribution in [3.8, 4) is 0 Å². The minimum atomic E-state index is -0.470. The van der Waals surface area contributed by atoms with Crippen LogP contribution in [0.2, 0.25) is 0 Å². The van der Waals surface area contributed by atoms with Gasteiger partial charge in [-0.3, -0.25) is 4.98 Å². The SMILES string of the molecule is CN(C)c1ccc(C(O)C2CCc3cccnc32)cc1. The van der Waals surface area contributed by atoms with Crippen molar-refractivity contribution in [3.05, 3.63) is 59.4 Å². The smallest absolute Gasteiger partial charge is 0.0873 e. The van der Waals surface area contributed by atoms with E-state index in [0.717, 1.165) is 29.8 Å². The van der Waals surface area contributed by atoms with E-state index in [9.17, 15) is 5.11 Å². The number of nitrogens with zero attached hydrogens (tertiary/aromatic N) is 2. The summed E-state index contributed by atoms with van der Waals surface area (Å²) in [5, 5.41) is 10.6. The molecule has 3 heteroatoms. The first-order valence-electron chi connectivity index (χ1n) is 7.06. The van der Waals surface area contributed by atoms with Gasteiger partial charge in [-0.15, -0.1) is 0 Å². The van der Waals surface area contributed by atoms with Crippen LogP contribution in [0.25, 0.3) is 0 Å². The maximum absolute atomic E-state index is 10.6. The van der Waals surface area contributed by atoms with E-state index in [4.69, 9.17) is 0 Å². The number of rotatable bonds is 3. The van der Waals surface area contributed by atoms with Gasteiger partial charge in [0.2, 0.25) is 0 Å². The average Bonchev–Trinajstić information content (AvgIpc) is 2.90. The van der Waals surface area contributed by atoms with Crippen molar-refractivity contribution in [2.75, 3.05) is 19.0 Å². The molecule has 2 aromatic rings. The Balaban J connectivity index is 1.85. The first-order chi connectivity index (χ1) is 9.66. The highest BCUT2D eigenvalue weighted by atomic mass is 16.3. The van der Waals surface area contributed by atoms with Gasteiger partial charge in [-0.1, -0.05) is 18.2 Å². The van der Waals surface area contributed by atoms with E-state index in [1.54, 1.807) is 0 Å².